The van der Waals surface area contributed by atoms with E-state index < -0.39 is 29.9 Å². The molecule has 1 saturated heterocycles. The molecule has 8 heteroatoms. The lowest BCUT2D eigenvalue weighted by Gasteiger charge is -2.33. The van der Waals surface area contributed by atoms with Gasteiger partial charge in [0.25, 0.3) is 0 Å². The molecule has 1 heterocycles. The highest BCUT2D eigenvalue weighted by atomic mass is 16.6. The fraction of sp³-hybridized carbons (Fsp3) is 0.500. The predicted octanol–water partition coefficient (Wildman–Crippen LogP) is 1.69. The summed E-state index contributed by atoms with van der Waals surface area (Å²) in [6, 6.07) is 8.18. The normalized spacial score (nSPS) is 19.9. The molecule has 142 valence electrons. The number of carbonyl (C=O) groups is 3. The molecule has 1 aromatic carbocycles. The van der Waals surface area contributed by atoms with Gasteiger partial charge in [0.05, 0.1) is 12.1 Å². The summed E-state index contributed by atoms with van der Waals surface area (Å²) in [7, 11) is 0. The molecule has 0 aromatic heterocycles. The van der Waals surface area contributed by atoms with Gasteiger partial charge in [-0.1, -0.05) is 30.3 Å². The van der Waals surface area contributed by atoms with Crippen LogP contribution in [0.1, 0.15) is 32.8 Å². The van der Waals surface area contributed by atoms with Gasteiger partial charge in [0.15, 0.2) is 0 Å². The van der Waals surface area contributed by atoms with Crippen LogP contribution in [0.2, 0.25) is 0 Å². The van der Waals surface area contributed by atoms with Crippen molar-refractivity contribution < 1.29 is 23.9 Å². The number of benzene rings is 1. The molecular formula is C18H25N3O5. The minimum absolute atomic E-state index is 0.0426. The number of alkyl carbamates (subject to hydrolysis) is 2. The molecule has 3 N–H and O–H groups in total. The van der Waals surface area contributed by atoms with E-state index in [1.54, 1.807) is 20.8 Å². The lowest BCUT2D eigenvalue weighted by atomic mass is 10.0. The second-order valence-corrected chi connectivity index (χ2v) is 7.07. The Bertz CT molecular complexity index is 642. The van der Waals surface area contributed by atoms with Crippen molar-refractivity contribution in [1.82, 2.24) is 16.0 Å². The fourth-order valence-electron chi connectivity index (χ4n) is 2.46. The van der Waals surface area contributed by atoms with Gasteiger partial charge in [-0.3, -0.25) is 4.79 Å². The monoisotopic (exact) mass is 363 g/mol. The van der Waals surface area contributed by atoms with E-state index in [-0.39, 0.29) is 25.5 Å². The summed E-state index contributed by atoms with van der Waals surface area (Å²) in [6.45, 7) is 5.58. The van der Waals surface area contributed by atoms with E-state index in [9.17, 15) is 14.4 Å². The van der Waals surface area contributed by atoms with Gasteiger partial charge in [-0.2, -0.15) is 0 Å². The molecule has 2 rings (SSSR count). The van der Waals surface area contributed by atoms with Gasteiger partial charge in [-0.05, 0) is 26.3 Å². The largest absolute Gasteiger partial charge is 0.445 e. The lowest BCUT2D eigenvalue weighted by Crippen LogP contribution is -2.61. The Morgan fingerprint density at radius 2 is 1.77 bits per heavy atom. The zero-order valence-electron chi connectivity index (χ0n) is 15.2. The van der Waals surface area contributed by atoms with Crippen LogP contribution in [0, 0.1) is 0 Å². The van der Waals surface area contributed by atoms with Crippen LogP contribution in [0.5, 0.6) is 0 Å². The van der Waals surface area contributed by atoms with Gasteiger partial charge in [-0.25, -0.2) is 9.59 Å². The van der Waals surface area contributed by atoms with Crippen molar-refractivity contribution in [3.63, 3.8) is 0 Å². The van der Waals surface area contributed by atoms with Crippen molar-refractivity contribution in [2.24, 2.45) is 0 Å². The summed E-state index contributed by atoms with van der Waals surface area (Å²) >= 11 is 0. The Balaban J connectivity index is 1.89. The van der Waals surface area contributed by atoms with Crippen molar-refractivity contribution in [1.29, 1.82) is 0 Å². The number of hydrogen-bond donors (Lipinski definition) is 3. The number of hydrogen-bond acceptors (Lipinski definition) is 5. The molecule has 0 saturated carbocycles. The fourth-order valence-corrected chi connectivity index (χ4v) is 2.46. The zero-order valence-corrected chi connectivity index (χ0v) is 15.2. The van der Waals surface area contributed by atoms with Crippen LogP contribution >= 0.6 is 0 Å². The standard InChI is InChI=1S/C18H25N3O5/c1-18(2,3)26-17(24)21-14-10-19-15(22)9-13(14)20-16(23)25-11-12-7-5-4-6-8-12/h4-8,13-14H,9-11H2,1-3H3,(H,19,22)(H,20,23)(H,21,24)/t13-,14+/m0/s1. The minimum atomic E-state index is -0.649. The second kappa shape index (κ2) is 8.55. The number of ether oxygens (including phenoxy) is 2. The van der Waals surface area contributed by atoms with E-state index in [0.717, 1.165) is 5.56 Å². The molecule has 0 aliphatic carbocycles. The molecule has 8 nitrogen and oxygen atoms in total. The summed E-state index contributed by atoms with van der Waals surface area (Å²) in [5, 5.41) is 7.98. The Labute approximate surface area is 152 Å². The maximum Gasteiger partial charge on any atom is 0.408 e. The molecule has 0 spiro atoms. The van der Waals surface area contributed by atoms with Crippen LogP contribution in [0.15, 0.2) is 30.3 Å². The Morgan fingerprint density at radius 3 is 2.42 bits per heavy atom. The van der Waals surface area contributed by atoms with Gasteiger partial charge in [0.1, 0.15) is 12.2 Å². The first kappa shape index (κ1) is 19.6. The van der Waals surface area contributed by atoms with E-state index in [4.69, 9.17) is 9.47 Å². The molecule has 1 fully saturated rings. The van der Waals surface area contributed by atoms with Crippen LogP contribution in [0.4, 0.5) is 9.59 Å². The van der Waals surface area contributed by atoms with Gasteiger partial charge in [0.2, 0.25) is 5.91 Å². The molecular weight excluding hydrogens is 338 g/mol. The highest BCUT2D eigenvalue weighted by molar-refractivity contribution is 5.79. The summed E-state index contributed by atoms with van der Waals surface area (Å²) in [6.07, 6.45) is -1.21. The van der Waals surface area contributed by atoms with Crippen molar-refractivity contribution in [3.8, 4) is 0 Å². The number of amides is 3. The van der Waals surface area contributed by atoms with E-state index in [1.807, 2.05) is 30.3 Å². The molecule has 26 heavy (non-hydrogen) atoms. The van der Waals surface area contributed by atoms with Crippen LogP contribution in [0.3, 0.4) is 0 Å². The third kappa shape index (κ3) is 6.62. The summed E-state index contributed by atoms with van der Waals surface area (Å²) in [5.41, 5.74) is 0.215. The molecule has 3 amide bonds. The molecule has 0 unspecified atom stereocenters. The number of piperidine rings is 1. The lowest BCUT2D eigenvalue weighted by molar-refractivity contribution is -0.123. The Morgan fingerprint density at radius 1 is 1.12 bits per heavy atom. The highest BCUT2D eigenvalue weighted by Gasteiger charge is 2.33. The summed E-state index contributed by atoms with van der Waals surface area (Å²) in [5.74, 6) is -0.208. The predicted molar refractivity (Wildman–Crippen MR) is 94.3 cm³/mol. The van der Waals surface area contributed by atoms with E-state index in [1.165, 1.54) is 0 Å². The first-order valence-corrected chi connectivity index (χ1v) is 8.46. The van der Waals surface area contributed by atoms with Gasteiger partial charge in [0, 0.05) is 13.0 Å². The maximum atomic E-state index is 12.0. The van der Waals surface area contributed by atoms with Crippen molar-refractivity contribution in [2.45, 2.75) is 51.5 Å². The molecule has 1 aliphatic heterocycles. The first-order chi connectivity index (χ1) is 12.2. The zero-order chi connectivity index (χ0) is 19.2. The van der Waals surface area contributed by atoms with Gasteiger partial charge < -0.3 is 25.4 Å². The second-order valence-electron chi connectivity index (χ2n) is 7.07. The van der Waals surface area contributed by atoms with Crippen molar-refractivity contribution >= 4 is 18.1 Å². The summed E-state index contributed by atoms with van der Waals surface area (Å²) < 4.78 is 10.4. The minimum Gasteiger partial charge on any atom is -0.445 e. The highest BCUT2D eigenvalue weighted by Crippen LogP contribution is 2.10. The smallest absolute Gasteiger partial charge is 0.408 e. The van der Waals surface area contributed by atoms with Crippen molar-refractivity contribution in [3.05, 3.63) is 35.9 Å². The average Bonchev–Trinajstić information content (AvgIpc) is 2.55. The number of rotatable bonds is 4. The number of carbonyl (C=O) groups excluding carboxylic acids is 3. The third-order valence-corrected chi connectivity index (χ3v) is 3.63. The molecule has 1 aromatic rings. The Kier molecular flexibility index (Phi) is 6.43. The maximum absolute atomic E-state index is 12.0. The van der Waals surface area contributed by atoms with Gasteiger partial charge in [-0.15, -0.1) is 0 Å². The first-order valence-electron chi connectivity index (χ1n) is 8.46. The van der Waals surface area contributed by atoms with Crippen LogP contribution in [-0.4, -0.2) is 42.3 Å². The quantitative estimate of drug-likeness (QED) is 0.755. The van der Waals surface area contributed by atoms with Gasteiger partial charge >= 0.3 is 12.2 Å². The van der Waals surface area contributed by atoms with Crippen molar-refractivity contribution in [2.75, 3.05) is 6.54 Å². The van der Waals surface area contributed by atoms with Crippen LogP contribution in [0.25, 0.3) is 0 Å². The SMILES string of the molecule is CC(C)(C)OC(=O)N[C@@H]1CNC(=O)C[C@@H]1NC(=O)OCc1ccccc1. The molecule has 0 bridgehead atoms. The summed E-state index contributed by atoms with van der Waals surface area (Å²) in [4.78, 5) is 35.7. The molecule has 2 atom stereocenters. The van der Waals surface area contributed by atoms with Crippen LogP contribution in [-0.2, 0) is 20.9 Å². The third-order valence-electron chi connectivity index (χ3n) is 3.63. The number of nitrogens with one attached hydrogen (secondary N) is 3. The Hall–Kier alpha value is -2.77. The van der Waals surface area contributed by atoms with Crippen LogP contribution < -0.4 is 16.0 Å². The van der Waals surface area contributed by atoms with E-state index in [0.29, 0.717) is 0 Å². The topological polar surface area (TPSA) is 106 Å². The van der Waals surface area contributed by atoms with E-state index >= 15 is 0 Å². The molecule has 0 radical (unpaired) electrons. The average molecular weight is 363 g/mol. The molecule has 1 aliphatic rings. The van der Waals surface area contributed by atoms with E-state index in [2.05, 4.69) is 16.0 Å².